The predicted molar refractivity (Wildman–Crippen MR) is 81.5 cm³/mol. The third-order valence-electron chi connectivity index (χ3n) is 2.85. The van der Waals surface area contributed by atoms with Crippen LogP contribution >= 0.6 is 0 Å². The number of carbonyl (C=O) groups excluding carboxylic acids is 2. The van der Waals surface area contributed by atoms with Gasteiger partial charge in [-0.2, -0.15) is 0 Å². The van der Waals surface area contributed by atoms with Crippen molar-refractivity contribution < 1.29 is 23.8 Å². The number of methoxy groups -OCH3 is 1. The molecular formula is C16H23NO5. The van der Waals surface area contributed by atoms with Crippen molar-refractivity contribution in [3.8, 4) is 5.75 Å². The Morgan fingerprint density at radius 1 is 1.14 bits per heavy atom. The van der Waals surface area contributed by atoms with E-state index in [9.17, 15) is 9.59 Å². The van der Waals surface area contributed by atoms with Crippen LogP contribution in [0.4, 0.5) is 0 Å². The number of nitrogens with two attached hydrogens (primary N) is 1. The molecule has 22 heavy (non-hydrogen) atoms. The quantitative estimate of drug-likeness (QED) is 0.663. The van der Waals surface area contributed by atoms with Crippen LogP contribution in [0.1, 0.15) is 44.5 Å². The first kappa shape index (κ1) is 18.0. The van der Waals surface area contributed by atoms with E-state index in [1.165, 1.54) is 19.2 Å². The summed E-state index contributed by atoms with van der Waals surface area (Å²) in [6.07, 6.45) is 0.237. The first-order valence-electron chi connectivity index (χ1n) is 7.01. The number of hydrogen-bond acceptors (Lipinski definition) is 6. The van der Waals surface area contributed by atoms with E-state index in [4.69, 9.17) is 15.2 Å². The average Bonchev–Trinajstić information content (AvgIpc) is 2.45. The highest BCUT2D eigenvalue weighted by Gasteiger charge is 2.38. The lowest BCUT2D eigenvalue weighted by Gasteiger charge is -2.30. The number of rotatable bonds is 5. The van der Waals surface area contributed by atoms with E-state index in [0.29, 0.717) is 11.3 Å². The fourth-order valence-electron chi connectivity index (χ4n) is 1.61. The summed E-state index contributed by atoms with van der Waals surface area (Å²) in [4.78, 5) is 23.6. The number of ether oxygens (including phenoxy) is 3. The Hall–Kier alpha value is -2.08. The minimum Gasteiger partial charge on any atom is -0.465 e. The van der Waals surface area contributed by atoms with E-state index in [0.717, 1.165) is 0 Å². The van der Waals surface area contributed by atoms with Gasteiger partial charge in [-0.25, -0.2) is 9.59 Å². The van der Waals surface area contributed by atoms with Crippen LogP contribution < -0.4 is 10.5 Å². The van der Waals surface area contributed by atoms with E-state index < -0.39 is 23.3 Å². The second-order valence-corrected chi connectivity index (χ2v) is 5.86. The van der Waals surface area contributed by atoms with Crippen molar-refractivity contribution >= 4 is 11.9 Å². The summed E-state index contributed by atoms with van der Waals surface area (Å²) in [7, 11) is 1.30. The summed E-state index contributed by atoms with van der Waals surface area (Å²) >= 11 is 0. The lowest BCUT2D eigenvalue weighted by atomic mass is 10.1. The fraction of sp³-hybridized carbons (Fsp3) is 0.500. The number of esters is 2. The Balaban J connectivity index is 2.89. The zero-order valence-corrected chi connectivity index (χ0v) is 13.6. The van der Waals surface area contributed by atoms with Crippen molar-refractivity contribution in [2.45, 2.75) is 45.4 Å². The largest absolute Gasteiger partial charge is 0.465 e. The Morgan fingerprint density at radius 2 is 1.68 bits per heavy atom. The van der Waals surface area contributed by atoms with E-state index in [-0.39, 0.29) is 6.42 Å². The summed E-state index contributed by atoms with van der Waals surface area (Å²) < 4.78 is 15.5. The molecule has 0 aliphatic carbocycles. The molecule has 0 aliphatic rings. The first-order valence-corrected chi connectivity index (χ1v) is 7.01. The molecule has 0 saturated carbocycles. The maximum Gasteiger partial charge on any atom is 0.366 e. The molecule has 1 aromatic rings. The van der Waals surface area contributed by atoms with E-state index >= 15 is 0 Å². The number of benzene rings is 1. The van der Waals surface area contributed by atoms with Gasteiger partial charge in [0.2, 0.25) is 0 Å². The molecule has 122 valence electrons. The maximum absolute atomic E-state index is 12.2. The SMILES string of the molecule is CCC(N)(Oc1ccc(C(=O)OC)cc1)C(=O)OC(C)(C)C. The van der Waals surface area contributed by atoms with Gasteiger partial charge in [-0.1, -0.05) is 6.92 Å². The predicted octanol–water partition coefficient (Wildman–Crippen LogP) is 2.26. The van der Waals surface area contributed by atoms with Crippen LogP contribution in [0.25, 0.3) is 0 Å². The molecule has 0 saturated heterocycles. The van der Waals surface area contributed by atoms with Crippen molar-refractivity contribution in [1.82, 2.24) is 0 Å². The molecule has 0 bridgehead atoms. The summed E-state index contributed by atoms with van der Waals surface area (Å²) in [6, 6.07) is 6.17. The highest BCUT2D eigenvalue weighted by molar-refractivity contribution is 5.89. The molecule has 1 aromatic carbocycles. The monoisotopic (exact) mass is 309 g/mol. The lowest BCUT2D eigenvalue weighted by Crippen LogP contribution is -2.55. The van der Waals surface area contributed by atoms with E-state index in [2.05, 4.69) is 4.74 Å². The molecule has 0 spiro atoms. The highest BCUT2D eigenvalue weighted by atomic mass is 16.6. The van der Waals surface area contributed by atoms with Gasteiger partial charge in [0.15, 0.2) is 0 Å². The normalized spacial score (nSPS) is 13.9. The molecule has 0 amide bonds. The van der Waals surface area contributed by atoms with E-state index in [1.807, 2.05) is 0 Å². The first-order chi connectivity index (χ1) is 10.1. The van der Waals surface area contributed by atoms with Crippen molar-refractivity contribution in [3.05, 3.63) is 29.8 Å². The van der Waals surface area contributed by atoms with Crippen LogP contribution in [0.5, 0.6) is 5.75 Å². The molecule has 6 heteroatoms. The molecule has 0 aliphatic heterocycles. The van der Waals surface area contributed by atoms with Crippen molar-refractivity contribution in [2.75, 3.05) is 7.11 Å². The van der Waals surface area contributed by atoms with Crippen LogP contribution in [0.15, 0.2) is 24.3 Å². The zero-order chi connectivity index (χ0) is 17.0. The number of hydrogen-bond donors (Lipinski definition) is 1. The zero-order valence-electron chi connectivity index (χ0n) is 13.6. The Labute approximate surface area is 130 Å². The van der Waals surface area contributed by atoms with Gasteiger partial charge in [-0.3, -0.25) is 5.73 Å². The molecule has 0 heterocycles. The summed E-state index contributed by atoms with van der Waals surface area (Å²) in [5, 5.41) is 0. The Morgan fingerprint density at radius 3 is 2.09 bits per heavy atom. The third-order valence-corrected chi connectivity index (χ3v) is 2.85. The maximum atomic E-state index is 12.2. The van der Waals surface area contributed by atoms with Gasteiger partial charge in [0, 0.05) is 6.42 Å². The second kappa shape index (κ2) is 6.79. The summed E-state index contributed by atoms with van der Waals surface area (Å²) in [5.74, 6) is -0.726. The molecule has 6 nitrogen and oxygen atoms in total. The molecule has 0 fully saturated rings. The second-order valence-electron chi connectivity index (χ2n) is 5.86. The topological polar surface area (TPSA) is 87.9 Å². The third kappa shape index (κ3) is 4.73. The van der Waals surface area contributed by atoms with Gasteiger partial charge in [-0.05, 0) is 45.0 Å². The van der Waals surface area contributed by atoms with Crippen LogP contribution in [0, 0.1) is 0 Å². The standard InChI is InChI=1S/C16H23NO5/c1-6-16(17,14(19)22-15(2,3)4)21-12-9-7-11(8-10-12)13(18)20-5/h7-10H,6,17H2,1-5H3. The van der Waals surface area contributed by atoms with Gasteiger partial charge in [0.1, 0.15) is 11.4 Å². The smallest absolute Gasteiger partial charge is 0.366 e. The van der Waals surface area contributed by atoms with Crippen molar-refractivity contribution in [2.24, 2.45) is 5.73 Å². The minimum atomic E-state index is -1.58. The Kier molecular flexibility index (Phi) is 5.54. The van der Waals surface area contributed by atoms with Gasteiger partial charge >= 0.3 is 11.9 Å². The van der Waals surface area contributed by atoms with Crippen LogP contribution in [0.2, 0.25) is 0 Å². The minimum absolute atomic E-state index is 0.237. The number of carbonyl (C=O) groups is 2. The van der Waals surface area contributed by atoms with Gasteiger partial charge in [-0.15, -0.1) is 0 Å². The summed E-state index contributed by atoms with van der Waals surface area (Å²) in [5.41, 5.74) is 4.16. The van der Waals surface area contributed by atoms with Gasteiger partial charge in [0.05, 0.1) is 12.7 Å². The molecular weight excluding hydrogens is 286 g/mol. The van der Waals surface area contributed by atoms with Gasteiger partial charge < -0.3 is 14.2 Å². The van der Waals surface area contributed by atoms with Crippen molar-refractivity contribution in [1.29, 1.82) is 0 Å². The lowest BCUT2D eigenvalue weighted by molar-refractivity contribution is -0.174. The van der Waals surface area contributed by atoms with Crippen molar-refractivity contribution in [3.63, 3.8) is 0 Å². The highest BCUT2D eigenvalue weighted by Crippen LogP contribution is 2.22. The summed E-state index contributed by atoms with van der Waals surface area (Å²) in [6.45, 7) is 7.00. The Bertz CT molecular complexity index is 532. The van der Waals surface area contributed by atoms with Crippen LogP contribution in [-0.4, -0.2) is 30.4 Å². The molecule has 1 atom stereocenters. The molecule has 2 N–H and O–H groups in total. The fourth-order valence-corrected chi connectivity index (χ4v) is 1.61. The molecule has 1 unspecified atom stereocenters. The average molecular weight is 309 g/mol. The van der Waals surface area contributed by atoms with Gasteiger partial charge in [0.25, 0.3) is 5.72 Å². The van der Waals surface area contributed by atoms with Crippen LogP contribution in [-0.2, 0) is 14.3 Å². The van der Waals surface area contributed by atoms with Crippen LogP contribution in [0.3, 0.4) is 0 Å². The molecule has 1 rings (SSSR count). The van der Waals surface area contributed by atoms with E-state index in [1.54, 1.807) is 39.8 Å². The molecule has 0 aromatic heterocycles. The molecule has 0 radical (unpaired) electrons.